The average Bonchev–Trinajstić information content (AvgIpc) is 2.91. The molecule has 1 aliphatic heterocycles. The first-order valence-electron chi connectivity index (χ1n) is 8.74. The van der Waals surface area contributed by atoms with Gasteiger partial charge in [0.25, 0.3) is 11.7 Å². The quantitative estimate of drug-likeness (QED) is 0.472. The van der Waals surface area contributed by atoms with Crippen LogP contribution >= 0.6 is 11.6 Å². The number of halogens is 2. The van der Waals surface area contributed by atoms with Crippen LogP contribution in [0.25, 0.3) is 5.76 Å². The number of carbonyl (C=O) groups excluding carboxylic acids is 2. The molecular weight excluding hydrogens is 383 g/mol. The van der Waals surface area contributed by atoms with E-state index in [1.54, 1.807) is 24.3 Å². The SMILES string of the molecule is CN(C)CCN1C(=O)C(=O)/C(=C(/O)c2ccc(F)cc2)[C@@H]1c1ccc(Cl)cc1. The predicted molar refractivity (Wildman–Crippen MR) is 105 cm³/mol. The molecule has 28 heavy (non-hydrogen) atoms. The van der Waals surface area contributed by atoms with E-state index in [-0.39, 0.29) is 16.9 Å². The lowest BCUT2D eigenvalue weighted by atomic mass is 9.95. The van der Waals surface area contributed by atoms with Crippen molar-refractivity contribution in [3.05, 3.63) is 76.1 Å². The summed E-state index contributed by atoms with van der Waals surface area (Å²) in [5.74, 6) is -2.23. The van der Waals surface area contributed by atoms with Crippen LogP contribution in [0.15, 0.2) is 54.1 Å². The van der Waals surface area contributed by atoms with Crippen LogP contribution in [-0.4, -0.2) is 53.8 Å². The summed E-state index contributed by atoms with van der Waals surface area (Å²) < 4.78 is 13.2. The molecule has 1 N–H and O–H groups in total. The minimum Gasteiger partial charge on any atom is -0.507 e. The molecule has 1 atom stereocenters. The Morgan fingerprint density at radius 2 is 1.71 bits per heavy atom. The van der Waals surface area contributed by atoms with Gasteiger partial charge >= 0.3 is 0 Å². The van der Waals surface area contributed by atoms with Crippen LogP contribution in [0.2, 0.25) is 5.02 Å². The molecule has 0 radical (unpaired) electrons. The molecule has 0 unspecified atom stereocenters. The minimum absolute atomic E-state index is 0.0160. The maximum atomic E-state index is 13.2. The fourth-order valence-electron chi connectivity index (χ4n) is 3.17. The topological polar surface area (TPSA) is 60.9 Å². The molecule has 0 spiro atoms. The minimum atomic E-state index is -0.763. The number of aliphatic hydroxyl groups is 1. The molecule has 0 bridgehead atoms. The summed E-state index contributed by atoms with van der Waals surface area (Å²) >= 11 is 5.97. The Morgan fingerprint density at radius 3 is 2.29 bits per heavy atom. The van der Waals surface area contributed by atoms with E-state index in [4.69, 9.17) is 11.6 Å². The van der Waals surface area contributed by atoms with Crippen LogP contribution in [0.4, 0.5) is 4.39 Å². The Labute approximate surface area is 167 Å². The number of carbonyl (C=O) groups is 2. The highest BCUT2D eigenvalue weighted by atomic mass is 35.5. The molecular formula is C21H20ClFN2O3. The Morgan fingerprint density at radius 1 is 1.11 bits per heavy atom. The first kappa shape index (κ1) is 20.0. The zero-order valence-corrected chi connectivity index (χ0v) is 16.3. The second-order valence-electron chi connectivity index (χ2n) is 6.85. The summed E-state index contributed by atoms with van der Waals surface area (Å²) in [4.78, 5) is 28.8. The number of hydrogen-bond acceptors (Lipinski definition) is 4. The van der Waals surface area contributed by atoms with Crippen molar-refractivity contribution in [3.8, 4) is 0 Å². The molecule has 5 nitrogen and oxygen atoms in total. The third-order valence-corrected chi connectivity index (χ3v) is 4.88. The molecule has 1 amide bonds. The van der Waals surface area contributed by atoms with Crippen LogP contribution in [0.5, 0.6) is 0 Å². The first-order chi connectivity index (χ1) is 13.3. The maximum Gasteiger partial charge on any atom is 0.295 e. The normalized spacial score (nSPS) is 18.9. The van der Waals surface area contributed by atoms with Gasteiger partial charge in [-0.05, 0) is 56.1 Å². The number of likely N-dealkylation sites (N-methyl/N-ethyl adjacent to an activating group) is 1. The lowest BCUT2D eigenvalue weighted by Crippen LogP contribution is -2.35. The molecule has 0 aliphatic carbocycles. The van der Waals surface area contributed by atoms with Gasteiger partial charge in [0.15, 0.2) is 0 Å². The Hall–Kier alpha value is -2.70. The Balaban J connectivity index is 2.13. The van der Waals surface area contributed by atoms with Gasteiger partial charge in [-0.25, -0.2) is 4.39 Å². The molecule has 146 valence electrons. The van der Waals surface area contributed by atoms with Crippen LogP contribution in [0.1, 0.15) is 17.2 Å². The van der Waals surface area contributed by atoms with E-state index in [2.05, 4.69) is 0 Å². The number of amides is 1. The molecule has 3 rings (SSSR count). The standard InChI is InChI=1S/C21H20ClFN2O3/c1-24(2)11-12-25-18(13-3-7-15(22)8-4-13)17(20(27)21(25)28)19(26)14-5-9-16(23)10-6-14/h3-10,18,26H,11-12H2,1-2H3/b19-17+/t18-/m0/s1. The molecule has 7 heteroatoms. The summed E-state index contributed by atoms with van der Waals surface area (Å²) in [6.07, 6.45) is 0. The van der Waals surface area contributed by atoms with Gasteiger partial charge < -0.3 is 14.9 Å². The number of Topliss-reactive ketones (excluding diaryl/α,β-unsaturated/α-hetero) is 1. The van der Waals surface area contributed by atoms with Gasteiger partial charge in [0.2, 0.25) is 0 Å². The summed E-state index contributed by atoms with van der Waals surface area (Å²) in [6, 6.07) is 11.2. The molecule has 1 saturated heterocycles. The number of ketones is 1. The second kappa shape index (κ2) is 8.12. The third kappa shape index (κ3) is 3.93. The summed E-state index contributed by atoms with van der Waals surface area (Å²) in [7, 11) is 3.73. The number of nitrogens with zero attached hydrogens (tertiary/aromatic N) is 2. The van der Waals surface area contributed by atoms with Crippen molar-refractivity contribution in [2.24, 2.45) is 0 Å². The van der Waals surface area contributed by atoms with Crippen molar-refractivity contribution in [3.63, 3.8) is 0 Å². The van der Waals surface area contributed by atoms with Gasteiger partial charge in [-0.15, -0.1) is 0 Å². The fourth-order valence-corrected chi connectivity index (χ4v) is 3.30. The van der Waals surface area contributed by atoms with E-state index in [0.29, 0.717) is 23.7 Å². The molecule has 1 fully saturated rings. The van der Waals surface area contributed by atoms with Gasteiger partial charge in [-0.2, -0.15) is 0 Å². The molecule has 1 heterocycles. The molecule has 1 aliphatic rings. The molecule has 2 aromatic rings. The number of benzene rings is 2. The summed E-state index contributed by atoms with van der Waals surface area (Å²) in [5, 5.41) is 11.3. The van der Waals surface area contributed by atoms with Gasteiger partial charge in [-0.3, -0.25) is 9.59 Å². The predicted octanol–water partition coefficient (Wildman–Crippen LogP) is 3.46. The van der Waals surface area contributed by atoms with Crippen molar-refractivity contribution in [1.29, 1.82) is 0 Å². The van der Waals surface area contributed by atoms with Crippen molar-refractivity contribution < 1.29 is 19.1 Å². The van der Waals surface area contributed by atoms with E-state index in [9.17, 15) is 19.1 Å². The largest absolute Gasteiger partial charge is 0.507 e. The van der Waals surface area contributed by atoms with Crippen molar-refractivity contribution >= 4 is 29.1 Å². The lowest BCUT2D eigenvalue weighted by molar-refractivity contribution is -0.140. The van der Waals surface area contributed by atoms with E-state index in [1.165, 1.54) is 29.2 Å². The number of likely N-dealkylation sites (tertiary alicyclic amines) is 1. The smallest absolute Gasteiger partial charge is 0.295 e. The lowest BCUT2D eigenvalue weighted by Gasteiger charge is -2.26. The van der Waals surface area contributed by atoms with E-state index < -0.39 is 23.5 Å². The highest BCUT2D eigenvalue weighted by molar-refractivity contribution is 6.46. The Bertz CT molecular complexity index is 924. The zero-order chi connectivity index (χ0) is 20.4. The van der Waals surface area contributed by atoms with E-state index in [1.807, 2.05) is 19.0 Å². The summed E-state index contributed by atoms with van der Waals surface area (Å²) in [5.41, 5.74) is 0.912. The van der Waals surface area contributed by atoms with Crippen LogP contribution < -0.4 is 0 Å². The first-order valence-corrected chi connectivity index (χ1v) is 9.12. The highest BCUT2D eigenvalue weighted by Gasteiger charge is 2.45. The van der Waals surface area contributed by atoms with Gasteiger partial charge in [0, 0.05) is 23.7 Å². The number of aliphatic hydroxyl groups excluding tert-OH is 1. The van der Waals surface area contributed by atoms with Gasteiger partial charge in [0.05, 0.1) is 11.6 Å². The Kier molecular flexibility index (Phi) is 5.82. The monoisotopic (exact) mass is 402 g/mol. The van der Waals surface area contributed by atoms with Crippen molar-refractivity contribution in [2.75, 3.05) is 27.2 Å². The van der Waals surface area contributed by atoms with E-state index >= 15 is 0 Å². The fraction of sp³-hybridized carbons (Fsp3) is 0.238. The molecule has 0 aromatic heterocycles. The second-order valence-corrected chi connectivity index (χ2v) is 7.29. The van der Waals surface area contributed by atoms with Crippen LogP contribution in [-0.2, 0) is 9.59 Å². The number of hydrogen-bond donors (Lipinski definition) is 1. The van der Waals surface area contributed by atoms with E-state index in [0.717, 1.165) is 0 Å². The molecule has 2 aromatic carbocycles. The highest BCUT2D eigenvalue weighted by Crippen LogP contribution is 2.39. The molecule has 0 saturated carbocycles. The third-order valence-electron chi connectivity index (χ3n) is 4.63. The zero-order valence-electron chi connectivity index (χ0n) is 15.5. The van der Waals surface area contributed by atoms with Crippen LogP contribution in [0, 0.1) is 5.82 Å². The van der Waals surface area contributed by atoms with Crippen LogP contribution in [0.3, 0.4) is 0 Å². The number of rotatable bonds is 5. The summed E-state index contributed by atoms with van der Waals surface area (Å²) in [6.45, 7) is 0.860. The van der Waals surface area contributed by atoms with Gasteiger partial charge in [-0.1, -0.05) is 23.7 Å². The average molecular weight is 403 g/mol. The van der Waals surface area contributed by atoms with Gasteiger partial charge in [0.1, 0.15) is 11.6 Å². The van der Waals surface area contributed by atoms with Crippen molar-refractivity contribution in [2.45, 2.75) is 6.04 Å². The maximum absolute atomic E-state index is 13.2. The van der Waals surface area contributed by atoms with Crippen molar-refractivity contribution in [1.82, 2.24) is 9.80 Å².